The first kappa shape index (κ1) is 29.2. The summed E-state index contributed by atoms with van der Waals surface area (Å²) < 4.78 is 46.0. The highest BCUT2D eigenvalue weighted by molar-refractivity contribution is 7.92. The monoisotopic (exact) mass is 585 g/mol. The molecule has 0 aromatic heterocycles. The number of fused-ring (bicyclic) bond motifs is 2. The fourth-order valence-electron chi connectivity index (χ4n) is 6.00. The van der Waals surface area contributed by atoms with E-state index >= 15 is 0 Å². The molecule has 0 radical (unpaired) electrons. The molecule has 222 valence electrons. The number of carbonyl (C=O) groups is 2. The van der Waals surface area contributed by atoms with Crippen molar-refractivity contribution in [3.05, 3.63) is 48.0 Å². The minimum atomic E-state index is -3.91. The van der Waals surface area contributed by atoms with Crippen LogP contribution in [-0.2, 0) is 19.6 Å². The molecule has 0 unspecified atom stereocenters. The van der Waals surface area contributed by atoms with Gasteiger partial charge in [-0.2, -0.15) is 0 Å². The van der Waals surface area contributed by atoms with E-state index in [0.29, 0.717) is 36.7 Å². The smallest absolute Gasteiger partial charge is 0.262 e. The molecule has 2 amide bonds. The molecule has 10 nitrogen and oxygen atoms in total. The SMILES string of the molecule is COc1cccc(S(=O)(=O)Nc2ccc3c(c2)C(=O)N(C)[C@H]2CC[C@H](CC(=O)NCC4CCCCC4)O[C@H]2CO3)c1. The van der Waals surface area contributed by atoms with Gasteiger partial charge in [-0.3, -0.25) is 14.3 Å². The van der Waals surface area contributed by atoms with Crippen molar-refractivity contribution in [3.63, 3.8) is 0 Å². The predicted molar refractivity (Wildman–Crippen MR) is 154 cm³/mol. The third kappa shape index (κ3) is 6.95. The molecule has 1 aliphatic carbocycles. The molecule has 1 saturated carbocycles. The lowest BCUT2D eigenvalue weighted by Crippen LogP contribution is -2.54. The number of hydrogen-bond donors (Lipinski definition) is 2. The van der Waals surface area contributed by atoms with Gasteiger partial charge >= 0.3 is 0 Å². The zero-order valence-corrected chi connectivity index (χ0v) is 24.5. The Morgan fingerprint density at radius 3 is 2.66 bits per heavy atom. The molecule has 2 aromatic carbocycles. The molecule has 41 heavy (non-hydrogen) atoms. The molecule has 0 spiro atoms. The molecule has 5 rings (SSSR count). The lowest BCUT2D eigenvalue weighted by molar-refractivity contribution is -0.134. The maximum Gasteiger partial charge on any atom is 0.262 e. The lowest BCUT2D eigenvalue weighted by atomic mass is 9.89. The normalized spacial score (nSPS) is 23.3. The molecular formula is C30H39N3O7S. The van der Waals surface area contributed by atoms with E-state index in [9.17, 15) is 18.0 Å². The van der Waals surface area contributed by atoms with Crippen LogP contribution in [0, 0.1) is 5.92 Å². The number of nitrogens with zero attached hydrogens (tertiary/aromatic N) is 1. The Morgan fingerprint density at radius 1 is 1.07 bits per heavy atom. The van der Waals surface area contributed by atoms with Crippen LogP contribution in [0.4, 0.5) is 5.69 Å². The van der Waals surface area contributed by atoms with Gasteiger partial charge in [-0.1, -0.05) is 25.3 Å². The predicted octanol–water partition coefficient (Wildman–Crippen LogP) is 3.96. The molecule has 2 N–H and O–H groups in total. The van der Waals surface area contributed by atoms with Crippen LogP contribution in [0.15, 0.2) is 47.4 Å². The number of amides is 2. The van der Waals surface area contributed by atoms with E-state index in [-0.39, 0.29) is 52.8 Å². The summed E-state index contributed by atoms with van der Waals surface area (Å²) in [5, 5.41) is 3.09. The maximum atomic E-state index is 13.5. The Hall–Kier alpha value is -3.31. The number of hydrogen-bond acceptors (Lipinski definition) is 7. The summed E-state index contributed by atoms with van der Waals surface area (Å²) in [7, 11) is -0.723. The van der Waals surface area contributed by atoms with E-state index in [4.69, 9.17) is 14.2 Å². The molecule has 3 aliphatic rings. The number of carbonyl (C=O) groups excluding carboxylic acids is 2. The quantitative estimate of drug-likeness (QED) is 0.481. The third-order valence-electron chi connectivity index (χ3n) is 8.34. The van der Waals surface area contributed by atoms with Gasteiger partial charge < -0.3 is 24.4 Å². The van der Waals surface area contributed by atoms with Crippen LogP contribution in [0.2, 0.25) is 0 Å². The van der Waals surface area contributed by atoms with E-state index < -0.39 is 10.0 Å². The van der Waals surface area contributed by atoms with Gasteiger partial charge in [0.2, 0.25) is 5.91 Å². The highest BCUT2D eigenvalue weighted by Crippen LogP contribution is 2.33. The van der Waals surface area contributed by atoms with Crippen LogP contribution in [0.25, 0.3) is 0 Å². The second-order valence-electron chi connectivity index (χ2n) is 11.2. The fraction of sp³-hybridized carbons (Fsp3) is 0.533. The van der Waals surface area contributed by atoms with Crippen LogP contribution in [0.3, 0.4) is 0 Å². The Bertz CT molecular complexity index is 1360. The Kier molecular flexibility index (Phi) is 9.03. The molecule has 0 bridgehead atoms. The molecule has 11 heteroatoms. The maximum absolute atomic E-state index is 13.5. The summed E-state index contributed by atoms with van der Waals surface area (Å²) in [4.78, 5) is 27.9. The lowest BCUT2D eigenvalue weighted by Gasteiger charge is -2.42. The number of rotatable bonds is 8. The van der Waals surface area contributed by atoms with Gasteiger partial charge in [-0.05, 0) is 61.9 Å². The molecule has 1 saturated heterocycles. The van der Waals surface area contributed by atoms with Crippen LogP contribution >= 0.6 is 0 Å². The van der Waals surface area contributed by atoms with E-state index in [1.807, 2.05) is 0 Å². The summed E-state index contributed by atoms with van der Waals surface area (Å²) in [6.45, 7) is 0.941. The number of ether oxygens (including phenoxy) is 3. The van der Waals surface area contributed by atoms with Gasteiger partial charge in [0.25, 0.3) is 15.9 Å². The second-order valence-corrected chi connectivity index (χ2v) is 12.9. The first-order valence-electron chi connectivity index (χ1n) is 14.4. The van der Waals surface area contributed by atoms with Crippen molar-refractivity contribution in [2.24, 2.45) is 5.92 Å². The molecule has 3 atom stereocenters. The first-order chi connectivity index (χ1) is 19.7. The van der Waals surface area contributed by atoms with E-state index in [1.165, 1.54) is 57.4 Å². The summed E-state index contributed by atoms with van der Waals surface area (Å²) in [5.41, 5.74) is 0.509. The van der Waals surface area contributed by atoms with Crippen molar-refractivity contribution in [3.8, 4) is 11.5 Å². The average Bonchev–Trinajstić information content (AvgIpc) is 2.98. The zero-order chi connectivity index (χ0) is 29.0. The Labute approximate surface area is 241 Å². The van der Waals surface area contributed by atoms with Crippen molar-refractivity contribution in [2.75, 3.05) is 32.0 Å². The van der Waals surface area contributed by atoms with Crippen molar-refractivity contribution in [1.29, 1.82) is 0 Å². The van der Waals surface area contributed by atoms with Crippen molar-refractivity contribution >= 4 is 27.5 Å². The number of nitrogens with one attached hydrogen (secondary N) is 2. The van der Waals surface area contributed by atoms with Crippen LogP contribution < -0.4 is 19.5 Å². The van der Waals surface area contributed by atoms with Crippen LogP contribution in [-0.4, -0.2) is 70.7 Å². The van der Waals surface area contributed by atoms with Crippen molar-refractivity contribution in [2.45, 2.75) is 74.5 Å². The summed E-state index contributed by atoms with van der Waals surface area (Å²) in [5.74, 6) is 1.05. The van der Waals surface area contributed by atoms with Gasteiger partial charge in [0, 0.05) is 25.3 Å². The zero-order valence-electron chi connectivity index (χ0n) is 23.6. The van der Waals surface area contributed by atoms with E-state index in [2.05, 4.69) is 10.0 Å². The van der Waals surface area contributed by atoms with E-state index in [1.54, 1.807) is 36.2 Å². The molecule has 2 aliphatic heterocycles. The molecule has 2 fully saturated rings. The van der Waals surface area contributed by atoms with Crippen molar-refractivity contribution in [1.82, 2.24) is 10.2 Å². The topological polar surface area (TPSA) is 123 Å². The third-order valence-corrected chi connectivity index (χ3v) is 9.72. The van der Waals surface area contributed by atoms with Gasteiger partial charge in [0.1, 0.15) is 24.2 Å². The Morgan fingerprint density at radius 2 is 1.88 bits per heavy atom. The Balaban J connectivity index is 1.23. The number of benzene rings is 2. The van der Waals surface area contributed by atoms with E-state index in [0.717, 1.165) is 6.54 Å². The second kappa shape index (κ2) is 12.7. The molecule has 2 aromatic rings. The van der Waals surface area contributed by atoms with Crippen LogP contribution in [0.5, 0.6) is 11.5 Å². The average molecular weight is 586 g/mol. The minimum absolute atomic E-state index is 0.00416. The molecular weight excluding hydrogens is 546 g/mol. The first-order valence-corrected chi connectivity index (χ1v) is 15.8. The number of methoxy groups -OCH3 is 1. The highest BCUT2D eigenvalue weighted by Gasteiger charge is 2.39. The van der Waals surface area contributed by atoms with Gasteiger partial charge in [-0.15, -0.1) is 0 Å². The summed E-state index contributed by atoms with van der Waals surface area (Å²) >= 11 is 0. The largest absolute Gasteiger partial charge is 0.497 e. The standard InChI is InChI=1S/C30H39N3O7S/c1-33-26-13-12-23(17-29(34)31-18-20-7-4-3-5-8-20)40-28(26)19-39-27-14-11-21(15-25(27)30(33)35)32-41(36,37)24-10-6-9-22(16-24)38-2/h6,9-11,14-16,20,23,26,28,32H,3-5,7-8,12-13,17-19H2,1-2H3,(H,31,34)/t23-,26+,28+/m1/s1. The minimum Gasteiger partial charge on any atom is -0.497 e. The number of likely N-dealkylation sites (N-methyl/N-ethyl adjacent to an activating group) is 1. The highest BCUT2D eigenvalue weighted by atomic mass is 32.2. The summed E-state index contributed by atoms with van der Waals surface area (Å²) in [6.07, 6.45) is 7.14. The number of anilines is 1. The summed E-state index contributed by atoms with van der Waals surface area (Å²) in [6, 6.07) is 10.6. The number of sulfonamides is 1. The van der Waals surface area contributed by atoms with Gasteiger partial charge in [-0.25, -0.2) is 8.42 Å². The van der Waals surface area contributed by atoms with Gasteiger partial charge in [0.05, 0.1) is 36.1 Å². The van der Waals surface area contributed by atoms with Gasteiger partial charge in [0.15, 0.2) is 0 Å². The molecule has 2 heterocycles. The van der Waals surface area contributed by atoms with Crippen molar-refractivity contribution < 1.29 is 32.2 Å². The fourth-order valence-corrected chi connectivity index (χ4v) is 7.09. The van der Waals surface area contributed by atoms with Crippen LogP contribution in [0.1, 0.15) is 61.7 Å².